The number of hydrogen-bond donors (Lipinski definition) is 2. The summed E-state index contributed by atoms with van der Waals surface area (Å²) in [6.45, 7) is 7.83. The predicted octanol–water partition coefficient (Wildman–Crippen LogP) is 4.68. The molecule has 0 spiro atoms. The summed E-state index contributed by atoms with van der Waals surface area (Å²) in [5, 5.41) is 13.0. The maximum Gasteiger partial charge on any atom is 0.306 e. The van der Waals surface area contributed by atoms with Gasteiger partial charge in [0.05, 0.1) is 31.2 Å². The zero-order chi connectivity index (χ0) is 30.3. The Kier molecular flexibility index (Phi) is 13.5. The minimum absolute atomic E-state index is 0.0463. The first kappa shape index (κ1) is 32.8. The molecule has 3 rings (SSSR count). The van der Waals surface area contributed by atoms with Crippen LogP contribution in [0.25, 0.3) is 0 Å². The van der Waals surface area contributed by atoms with Crippen LogP contribution < -0.4 is 5.32 Å². The summed E-state index contributed by atoms with van der Waals surface area (Å²) in [6, 6.07) is 16.1. The topological polar surface area (TPSA) is 105 Å². The van der Waals surface area contributed by atoms with Crippen LogP contribution in [-0.2, 0) is 36.8 Å². The third-order valence-corrected chi connectivity index (χ3v) is 7.59. The van der Waals surface area contributed by atoms with E-state index in [-0.39, 0.29) is 56.3 Å². The molecule has 226 valence electrons. The fraction of sp³-hybridized carbons (Fsp3) is 0.441. The SMILES string of the molecule is C=CCCCCC(=O)OC(c1ccccc1)C(COC)NC(=O)C(CC=C)CC(=O)N1Cc2ccccc2CC1CO. The molecule has 0 aromatic heterocycles. The van der Waals surface area contributed by atoms with Crippen LogP contribution in [0.2, 0.25) is 0 Å². The number of rotatable bonds is 17. The van der Waals surface area contributed by atoms with Crippen molar-refractivity contribution in [3.8, 4) is 0 Å². The number of amides is 2. The number of nitrogens with one attached hydrogen (secondary N) is 1. The molecule has 4 unspecified atom stereocenters. The van der Waals surface area contributed by atoms with Crippen molar-refractivity contribution in [2.45, 2.75) is 69.7 Å². The molecule has 4 atom stereocenters. The largest absolute Gasteiger partial charge is 0.455 e. The highest BCUT2D eigenvalue weighted by Crippen LogP contribution is 2.27. The number of hydrogen-bond acceptors (Lipinski definition) is 6. The fourth-order valence-electron chi connectivity index (χ4n) is 5.32. The predicted molar refractivity (Wildman–Crippen MR) is 162 cm³/mol. The third-order valence-electron chi connectivity index (χ3n) is 7.59. The third kappa shape index (κ3) is 9.39. The van der Waals surface area contributed by atoms with Gasteiger partial charge in [0.1, 0.15) is 6.10 Å². The molecule has 1 aliphatic heterocycles. The van der Waals surface area contributed by atoms with Crippen LogP contribution >= 0.6 is 0 Å². The summed E-state index contributed by atoms with van der Waals surface area (Å²) >= 11 is 0. The van der Waals surface area contributed by atoms with Crippen LogP contribution in [0.5, 0.6) is 0 Å². The van der Waals surface area contributed by atoms with Crippen molar-refractivity contribution in [2.24, 2.45) is 5.92 Å². The summed E-state index contributed by atoms with van der Waals surface area (Å²) < 4.78 is 11.4. The minimum Gasteiger partial charge on any atom is -0.455 e. The molecule has 0 radical (unpaired) electrons. The van der Waals surface area contributed by atoms with Gasteiger partial charge in [-0.15, -0.1) is 13.2 Å². The van der Waals surface area contributed by atoms with Crippen LogP contribution in [0.15, 0.2) is 79.9 Å². The van der Waals surface area contributed by atoms with Crippen molar-refractivity contribution in [1.29, 1.82) is 0 Å². The Hall–Kier alpha value is -3.75. The lowest BCUT2D eigenvalue weighted by molar-refractivity contribution is -0.153. The van der Waals surface area contributed by atoms with Gasteiger partial charge >= 0.3 is 5.97 Å². The van der Waals surface area contributed by atoms with Crippen molar-refractivity contribution in [1.82, 2.24) is 10.2 Å². The van der Waals surface area contributed by atoms with Crippen LogP contribution in [0, 0.1) is 5.92 Å². The van der Waals surface area contributed by atoms with Crippen molar-refractivity contribution in [3.05, 3.63) is 96.6 Å². The van der Waals surface area contributed by atoms with Crippen molar-refractivity contribution >= 4 is 17.8 Å². The molecule has 8 heteroatoms. The van der Waals surface area contributed by atoms with E-state index in [9.17, 15) is 19.5 Å². The average molecular weight is 577 g/mol. The molecule has 2 amide bonds. The van der Waals surface area contributed by atoms with Crippen LogP contribution in [0.3, 0.4) is 0 Å². The van der Waals surface area contributed by atoms with E-state index in [0.717, 1.165) is 29.5 Å². The van der Waals surface area contributed by atoms with Gasteiger partial charge in [-0.2, -0.15) is 0 Å². The van der Waals surface area contributed by atoms with E-state index in [1.54, 1.807) is 11.0 Å². The highest BCUT2D eigenvalue weighted by Gasteiger charge is 2.34. The Morgan fingerprint density at radius 3 is 2.43 bits per heavy atom. The van der Waals surface area contributed by atoms with Crippen LogP contribution in [0.4, 0.5) is 0 Å². The summed E-state index contributed by atoms with van der Waals surface area (Å²) in [6.07, 6.45) is 6.05. The number of esters is 1. The van der Waals surface area contributed by atoms with Gasteiger partial charge in [0.15, 0.2) is 0 Å². The molecule has 0 bridgehead atoms. The Morgan fingerprint density at radius 1 is 1.05 bits per heavy atom. The van der Waals surface area contributed by atoms with Crippen molar-refractivity contribution in [3.63, 3.8) is 0 Å². The van der Waals surface area contributed by atoms with Gasteiger partial charge in [-0.05, 0) is 48.8 Å². The first-order chi connectivity index (χ1) is 20.4. The number of aliphatic hydroxyl groups excluding tert-OH is 1. The highest BCUT2D eigenvalue weighted by molar-refractivity contribution is 5.86. The molecule has 2 aromatic carbocycles. The summed E-state index contributed by atoms with van der Waals surface area (Å²) in [4.78, 5) is 41.7. The van der Waals surface area contributed by atoms with Gasteiger partial charge in [0.25, 0.3) is 0 Å². The van der Waals surface area contributed by atoms with Gasteiger partial charge in [-0.3, -0.25) is 14.4 Å². The first-order valence-corrected chi connectivity index (χ1v) is 14.6. The monoisotopic (exact) mass is 576 g/mol. The van der Waals surface area contributed by atoms with E-state index in [4.69, 9.17) is 9.47 Å². The lowest BCUT2D eigenvalue weighted by Gasteiger charge is -2.37. The summed E-state index contributed by atoms with van der Waals surface area (Å²) in [5.41, 5.74) is 2.89. The number of nitrogens with zero attached hydrogens (tertiary/aromatic N) is 1. The second-order valence-corrected chi connectivity index (χ2v) is 10.7. The standard InChI is InChI=1S/C34H44N2O6/c1-4-6-7-11-19-32(39)42-33(25-15-9-8-10-16-25)30(24-41-3)35-34(40)27(14-5-2)21-31(38)36-22-28-18-13-12-17-26(28)20-29(36)23-37/h4-5,8-10,12-13,15-18,27,29-30,33,37H,1-2,6-7,11,14,19-24H2,3H3,(H,35,40). The van der Waals surface area contributed by atoms with Crippen LogP contribution in [-0.4, -0.2) is 60.2 Å². The number of benzene rings is 2. The van der Waals surface area contributed by atoms with E-state index in [1.807, 2.05) is 60.7 Å². The zero-order valence-corrected chi connectivity index (χ0v) is 24.6. The van der Waals surface area contributed by atoms with Crippen LogP contribution in [0.1, 0.15) is 61.3 Å². The van der Waals surface area contributed by atoms with Gasteiger partial charge in [0.2, 0.25) is 11.8 Å². The number of carbonyl (C=O) groups excluding carboxylic acids is 3. The quantitative estimate of drug-likeness (QED) is 0.161. The summed E-state index contributed by atoms with van der Waals surface area (Å²) in [5.74, 6) is -1.62. The number of methoxy groups -OCH3 is 1. The number of carbonyl (C=O) groups is 3. The molecular formula is C34H44N2O6. The molecule has 0 fully saturated rings. The number of allylic oxidation sites excluding steroid dienone is 2. The number of ether oxygens (including phenoxy) is 2. The van der Waals surface area contributed by atoms with E-state index in [2.05, 4.69) is 18.5 Å². The van der Waals surface area contributed by atoms with Gasteiger partial charge < -0.3 is 24.8 Å². The normalized spacial score (nSPS) is 16.4. The first-order valence-electron chi connectivity index (χ1n) is 14.6. The maximum atomic E-state index is 13.7. The Bertz CT molecular complexity index is 1180. The maximum absolute atomic E-state index is 13.7. The zero-order valence-electron chi connectivity index (χ0n) is 24.6. The molecule has 1 aliphatic rings. The Labute approximate surface area is 249 Å². The molecule has 8 nitrogen and oxygen atoms in total. The number of unbranched alkanes of at least 4 members (excludes halogenated alkanes) is 2. The van der Waals surface area contributed by atoms with Gasteiger partial charge in [-0.1, -0.05) is 66.7 Å². The van der Waals surface area contributed by atoms with Crippen molar-refractivity contribution < 1.29 is 29.0 Å². The second kappa shape index (κ2) is 17.3. The van der Waals surface area contributed by atoms with E-state index >= 15 is 0 Å². The second-order valence-electron chi connectivity index (χ2n) is 10.7. The van der Waals surface area contributed by atoms with E-state index in [1.165, 1.54) is 7.11 Å². The molecule has 0 saturated heterocycles. The average Bonchev–Trinajstić information content (AvgIpc) is 3.01. The Morgan fingerprint density at radius 2 is 1.76 bits per heavy atom. The lowest BCUT2D eigenvalue weighted by atomic mass is 9.92. The summed E-state index contributed by atoms with van der Waals surface area (Å²) in [7, 11) is 1.52. The number of fused-ring (bicyclic) bond motifs is 1. The lowest BCUT2D eigenvalue weighted by Crippen LogP contribution is -2.49. The molecule has 0 aliphatic carbocycles. The molecule has 0 saturated carbocycles. The molecule has 1 heterocycles. The number of aliphatic hydroxyl groups is 1. The molecule has 2 aromatic rings. The fourth-order valence-corrected chi connectivity index (χ4v) is 5.32. The van der Waals surface area contributed by atoms with Crippen molar-refractivity contribution in [2.75, 3.05) is 20.3 Å². The Balaban J connectivity index is 1.75. The van der Waals surface area contributed by atoms with Gasteiger partial charge in [0, 0.05) is 26.5 Å². The smallest absolute Gasteiger partial charge is 0.306 e. The van der Waals surface area contributed by atoms with E-state index in [0.29, 0.717) is 19.4 Å². The molecular weight excluding hydrogens is 532 g/mol. The van der Waals surface area contributed by atoms with Gasteiger partial charge in [-0.25, -0.2) is 0 Å². The molecule has 42 heavy (non-hydrogen) atoms. The highest BCUT2D eigenvalue weighted by atomic mass is 16.5. The van der Waals surface area contributed by atoms with E-state index < -0.39 is 18.1 Å². The molecule has 2 N–H and O–H groups in total. The minimum atomic E-state index is -0.778.